The van der Waals surface area contributed by atoms with Crippen LogP contribution >= 0.6 is 0 Å². The highest BCUT2D eigenvalue weighted by Crippen LogP contribution is 2.08. The van der Waals surface area contributed by atoms with Crippen molar-refractivity contribution >= 4 is 5.97 Å². The van der Waals surface area contributed by atoms with E-state index in [-0.39, 0.29) is 0 Å². The molecule has 2 heteroatoms. The predicted octanol–water partition coefficient (Wildman–Crippen LogP) is 1.68. The van der Waals surface area contributed by atoms with E-state index in [4.69, 9.17) is 11.5 Å². The Hall–Kier alpha value is -1.23. The first-order chi connectivity index (χ1) is 5.22. The van der Waals surface area contributed by atoms with Crippen LogP contribution in [0.4, 0.5) is 0 Å². The third kappa shape index (κ3) is 4.21. The number of terminal acetylenes is 1. The van der Waals surface area contributed by atoms with Crippen LogP contribution in [0, 0.1) is 18.3 Å². The molecule has 1 unspecified atom stereocenters. The number of rotatable bonds is 4. The fraction of sp³-hybridized carbons (Fsp3) is 0.444. The Kier molecular flexibility index (Phi) is 4.93. The van der Waals surface area contributed by atoms with E-state index in [0.29, 0.717) is 12.8 Å². The molecule has 1 atom stereocenters. The maximum atomic E-state index is 10.5. The first kappa shape index (κ1) is 9.77. The van der Waals surface area contributed by atoms with Gasteiger partial charge in [0, 0.05) is 6.42 Å². The molecule has 60 valence electrons. The van der Waals surface area contributed by atoms with Gasteiger partial charge in [-0.2, -0.15) is 0 Å². The van der Waals surface area contributed by atoms with Crippen LogP contribution in [-0.2, 0) is 4.79 Å². The predicted molar refractivity (Wildman–Crippen MR) is 44.0 cm³/mol. The molecule has 0 heterocycles. The van der Waals surface area contributed by atoms with Crippen molar-refractivity contribution in [2.45, 2.75) is 19.8 Å². The summed E-state index contributed by atoms with van der Waals surface area (Å²) in [6, 6.07) is 0. The van der Waals surface area contributed by atoms with Gasteiger partial charge in [-0.1, -0.05) is 12.2 Å². The summed E-state index contributed by atoms with van der Waals surface area (Å²) in [5.74, 6) is 1.10. The van der Waals surface area contributed by atoms with Gasteiger partial charge in [0.05, 0.1) is 5.92 Å². The lowest BCUT2D eigenvalue weighted by molar-refractivity contribution is -0.141. The minimum absolute atomic E-state index is 0.305. The van der Waals surface area contributed by atoms with E-state index in [1.807, 2.05) is 19.1 Å². The van der Waals surface area contributed by atoms with Crippen LogP contribution in [0.5, 0.6) is 0 Å². The van der Waals surface area contributed by atoms with Gasteiger partial charge < -0.3 is 5.11 Å². The number of carboxylic acid groups (broad SMARTS) is 1. The molecule has 0 rings (SSSR count). The fourth-order valence-corrected chi connectivity index (χ4v) is 0.714. The lowest BCUT2D eigenvalue weighted by Crippen LogP contribution is -2.11. The zero-order valence-electron chi connectivity index (χ0n) is 6.58. The Bertz CT molecular complexity index is 186. The second kappa shape index (κ2) is 5.55. The van der Waals surface area contributed by atoms with Gasteiger partial charge in [0.2, 0.25) is 0 Å². The number of hydrogen-bond acceptors (Lipinski definition) is 1. The van der Waals surface area contributed by atoms with Crippen molar-refractivity contribution in [3.8, 4) is 12.3 Å². The molecule has 0 aliphatic heterocycles. The number of aliphatic carboxylic acids is 1. The third-order valence-corrected chi connectivity index (χ3v) is 1.37. The van der Waals surface area contributed by atoms with Crippen molar-refractivity contribution in [1.82, 2.24) is 0 Å². The topological polar surface area (TPSA) is 37.3 Å². The van der Waals surface area contributed by atoms with Gasteiger partial charge >= 0.3 is 5.97 Å². The summed E-state index contributed by atoms with van der Waals surface area (Å²) in [5, 5.41) is 8.60. The van der Waals surface area contributed by atoms with Crippen LogP contribution < -0.4 is 0 Å². The standard InChI is InChI=1S/C9H12O2/c1-3-5-7-8(6-4-2)9(10)11/h2-3,5,8H,6-7H2,1H3,(H,10,11)/b5-3-. The maximum Gasteiger partial charge on any atom is 0.307 e. The molecule has 0 aliphatic carbocycles. The Morgan fingerprint density at radius 2 is 2.45 bits per heavy atom. The van der Waals surface area contributed by atoms with Crippen molar-refractivity contribution in [2.24, 2.45) is 5.92 Å². The minimum atomic E-state index is -0.818. The third-order valence-electron chi connectivity index (χ3n) is 1.37. The van der Waals surface area contributed by atoms with Crippen LogP contribution in [0.1, 0.15) is 19.8 Å². The fourth-order valence-electron chi connectivity index (χ4n) is 0.714. The molecule has 0 aliphatic rings. The van der Waals surface area contributed by atoms with Gasteiger partial charge in [-0.05, 0) is 13.3 Å². The molecule has 0 aromatic rings. The van der Waals surface area contributed by atoms with Crippen molar-refractivity contribution < 1.29 is 9.90 Å². The van der Waals surface area contributed by atoms with Crippen molar-refractivity contribution in [3.63, 3.8) is 0 Å². The summed E-state index contributed by atoms with van der Waals surface area (Å²) in [5.41, 5.74) is 0. The molecule has 2 nitrogen and oxygen atoms in total. The number of hydrogen-bond donors (Lipinski definition) is 1. The summed E-state index contributed by atoms with van der Waals surface area (Å²) in [4.78, 5) is 10.5. The normalized spacial score (nSPS) is 12.7. The minimum Gasteiger partial charge on any atom is -0.481 e. The van der Waals surface area contributed by atoms with Crippen LogP contribution in [0.25, 0.3) is 0 Å². The lowest BCUT2D eigenvalue weighted by Gasteiger charge is -2.03. The first-order valence-corrected chi connectivity index (χ1v) is 3.49. The smallest absolute Gasteiger partial charge is 0.307 e. The zero-order valence-corrected chi connectivity index (χ0v) is 6.58. The van der Waals surface area contributed by atoms with Gasteiger partial charge in [0.15, 0.2) is 0 Å². The maximum absolute atomic E-state index is 10.5. The van der Waals surface area contributed by atoms with E-state index in [1.54, 1.807) is 0 Å². The Labute approximate surface area is 66.9 Å². The average molecular weight is 152 g/mol. The largest absolute Gasteiger partial charge is 0.481 e. The molecule has 0 saturated heterocycles. The van der Waals surface area contributed by atoms with Crippen LogP contribution in [0.15, 0.2) is 12.2 Å². The molecule has 11 heavy (non-hydrogen) atoms. The van der Waals surface area contributed by atoms with Crippen LogP contribution in [-0.4, -0.2) is 11.1 Å². The molecular weight excluding hydrogens is 140 g/mol. The highest BCUT2D eigenvalue weighted by Gasteiger charge is 2.13. The second-order valence-corrected chi connectivity index (χ2v) is 2.25. The molecule has 0 saturated carbocycles. The van der Waals surface area contributed by atoms with Crippen LogP contribution in [0.2, 0.25) is 0 Å². The van der Waals surface area contributed by atoms with Gasteiger partial charge in [0.1, 0.15) is 0 Å². The summed E-state index contributed by atoms with van der Waals surface area (Å²) >= 11 is 0. The van der Waals surface area contributed by atoms with E-state index < -0.39 is 11.9 Å². The summed E-state index contributed by atoms with van der Waals surface area (Å²) in [6.45, 7) is 1.86. The summed E-state index contributed by atoms with van der Waals surface area (Å²) in [7, 11) is 0. The number of carbonyl (C=O) groups is 1. The lowest BCUT2D eigenvalue weighted by atomic mass is 10.0. The number of carboxylic acids is 1. The van der Waals surface area contributed by atoms with Crippen molar-refractivity contribution in [1.29, 1.82) is 0 Å². The Morgan fingerprint density at radius 3 is 2.82 bits per heavy atom. The average Bonchev–Trinajstić information content (AvgIpc) is 1.97. The SMILES string of the molecule is C#CCC(C/C=C\C)C(=O)O. The number of allylic oxidation sites excluding steroid dienone is 2. The van der Waals surface area contributed by atoms with Gasteiger partial charge in [-0.15, -0.1) is 12.3 Å². The molecular formula is C9H12O2. The zero-order chi connectivity index (χ0) is 8.69. The molecule has 0 amide bonds. The quantitative estimate of drug-likeness (QED) is 0.491. The molecule has 0 aromatic heterocycles. The second-order valence-electron chi connectivity index (χ2n) is 2.25. The molecule has 0 fully saturated rings. The summed E-state index contributed by atoms with van der Waals surface area (Å²) in [6.07, 6.45) is 9.47. The highest BCUT2D eigenvalue weighted by molar-refractivity contribution is 5.70. The van der Waals surface area contributed by atoms with Gasteiger partial charge in [0.25, 0.3) is 0 Å². The summed E-state index contributed by atoms with van der Waals surface area (Å²) < 4.78 is 0. The molecule has 1 N–H and O–H groups in total. The molecule has 0 aromatic carbocycles. The van der Waals surface area contributed by atoms with E-state index in [9.17, 15) is 4.79 Å². The van der Waals surface area contributed by atoms with E-state index in [0.717, 1.165) is 0 Å². The molecule has 0 bridgehead atoms. The van der Waals surface area contributed by atoms with E-state index in [1.165, 1.54) is 0 Å². The molecule has 0 radical (unpaired) electrons. The van der Waals surface area contributed by atoms with Crippen molar-refractivity contribution in [3.05, 3.63) is 12.2 Å². The highest BCUT2D eigenvalue weighted by atomic mass is 16.4. The van der Waals surface area contributed by atoms with Crippen LogP contribution in [0.3, 0.4) is 0 Å². The van der Waals surface area contributed by atoms with Crippen molar-refractivity contribution in [2.75, 3.05) is 0 Å². The van der Waals surface area contributed by atoms with E-state index >= 15 is 0 Å². The molecule has 0 spiro atoms. The van der Waals surface area contributed by atoms with Gasteiger partial charge in [-0.3, -0.25) is 4.79 Å². The first-order valence-electron chi connectivity index (χ1n) is 3.49. The monoisotopic (exact) mass is 152 g/mol. The van der Waals surface area contributed by atoms with E-state index in [2.05, 4.69) is 5.92 Å². The van der Waals surface area contributed by atoms with Gasteiger partial charge in [-0.25, -0.2) is 0 Å². The Morgan fingerprint density at radius 1 is 1.82 bits per heavy atom. The Balaban J connectivity index is 3.91.